The van der Waals surface area contributed by atoms with Gasteiger partial charge in [-0.2, -0.15) is 0 Å². The van der Waals surface area contributed by atoms with E-state index in [1.807, 2.05) is 0 Å². The van der Waals surface area contributed by atoms with E-state index in [-0.39, 0.29) is 28.8 Å². The Morgan fingerprint density at radius 2 is 2.24 bits per heavy atom. The summed E-state index contributed by atoms with van der Waals surface area (Å²) in [5.74, 6) is -0.279. The van der Waals surface area contributed by atoms with E-state index in [2.05, 4.69) is 5.32 Å². The Labute approximate surface area is 105 Å². The molecule has 0 bridgehead atoms. The number of hydrogen-bond acceptors (Lipinski definition) is 3. The topological polar surface area (TPSA) is 75.3 Å². The lowest BCUT2D eigenvalue weighted by Crippen LogP contribution is -2.33. The van der Waals surface area contributed by atoms with Gasteiger partial charge in [-0.05, 0) is 37.5 Å². The maximum absolute atomic E-state index is 11.9. The molecule has 92 valence electrons. The third kappa shape index (κ3) is 2.90. The quantitative estimate of drug-likeness (QED) is 0.751. The molecule has 2 rings (SSSR count). The lowest BCUT2D eigenvalue weighted by Gasteiger charge is -2.12. The van der Waals surface area contributed by atoms with E-state index >= 15 is 0 Å². The van der Waals surface area contributed by atoms with Crippen molar-refractivity contribution in [3.63, 3.8) is 0 Å². The third-order valence-corrected chi connectivity index (χ3v) is 3.34. The van der Waals surface area contributed by atoms with Crippen LogP contribution in [0, 0.1) is 0 Å². The second-order valence-electron chi connectivity index (χ2n) is 4.41. The van der Waals surface area contributed by atoms with Gasteiger partial charge in [0.25, 0.3) is 5.91 Å². The number of nitrogens with one attached hydrogen (secondary N) is 1. The van der Waals surface area contributed by atoms with Gasteiger partial charge >= 0.3 is 0 Å². The van der Waals surface area contributed by atoms with Crippen molar-refractivity contribution in [2.75, 3.05) is 0 Å². The smallest absolute Gasteiger partial charge is 0.251 e. The van der Waals surface area contributed by atoms with E-state index in [9.17, 15) is 9.90 Å². The van der Waals surface area contributed by atoms with Gasteiger partial charge in [0, 0.05) is 17.6 Å². The van der Waals surface area contributed by atoms with Gasteiger partial charge in [-0.25, -0.2) is 0 Å². The summed E-state index contributed by atoms with van der Waals surface area (Å²) in [5.41, 5.74) is 6.18. The predicted octanol–water partition coefficient (Wildman–Crippen LogP) is 1.66. The van der Waals surface area contributed by atoms with E-state index in [0.717, 1.165) is 19.3 Å². The average Bonchev–Trinajstić information content (AvgIpc) is 2.68. The minimum absolute atomic E-state index is 0.0811. The molecule has 0 heterocycles. The zero-order valence-electron chi connectivity index (χ0n) is 9.32. The molecule has 0 spiro atoms. The van der Waals surface area contributed by atoms with Crippen LogP contribution in [-0.4, -0.2) is 23.1 Å². The third-order valence-electron chi connectivity index (χ3n) is 3.02. The fourth-order valence-electron chi connectivity index (χ4n) is 2.07. The molecule has 1 saturated carbocycles. The average molecular weight is 255 g/mol. The molecule has 4 N–H and O–H groups in total. The first kappa shape index (κ1) is 12.2. The van der Waals surface area contributed by atoms with Crippen LogP contribution in [0.25, 0.3) is 0 Å². The number of halogens is 1. The first-order valence-electron chi connectivity index (χ1n) is 5.61. The summed E-state index contributed by atoms with van der Waals surface area (Å²) >= 11 is 5.68. The van der Waals surface area contributed by atoms with Crippen molar-refractivity contribution in [3.8, 4) is 5.75 Å². The lowest BCUT2D eigenvalue weighted by atomic mass is 10.1. The largest absolute Gasteiger partial charge is 0.506 e. The first-order chi connectivity index (χ1) is 8.06. The summed E-state index contributed by atoms with van der Waals surface area (Å²) in [6.45, 7) is 0. The van der Waals surface area contributed by atoms with Crippen molar-refractivity contribution in [2.24, 2.45) is 5.73 Å². The number of phenolic OH excluding ortho intramolecular Hbond substituents is 1. The fourth-order valence-corrected chi connectivity index (χ4v) is 2.19. The summed E-state index contributed by atoms with van der Waals surface area (Å²) < 4.78 is 0. The summed E-state index contributed by atoms with van der Waals surface area (Å²) in [5, 5.41) is 12.6. The van der Waals surface area contributed by atoms with Gasteiger partial charge < -0.3 is 16.2 Å². The Hall–Kier alpha value is -1.26. The Balaban J connectivity index is 2.02. The number of aromatic hydroxyl groups is 1. The van der Waals surface area contributed by atoms with Crippen molar-refractivity contribution in [1.82, 2.24) is 5.32 Å². The molecule has 0 radical (unpaired) electrons. The predicted molar refractivity (Wildman–Crippen MR) is 66.2 cm³/mol. The first-order valence-corrected chi connectivity index (χ1v) is 5.99. The summed E-state index contributed by atoms with van der Waals surface area (Å²) in [7, 11) is 0. The number of nitrogens with two attached hydrogens (primary N) is 1. The maximum Gasteiger partial charge on any atom is 0.251 e. The Morgan fingerprint density at radius 3 is 2.82 bits per heavy atom. The molecule has 0 saturated heterocycles. The molecule has 0 aliphatic heterocycles. The number of rotatable bonds is 2. The number of carbonyl (C=O) groups excluding carboxylic acids is 1. The molecule has 1 aromatic carbocycles. The Morgan fingerprint density at radius 1 is 1.47 bits per heavy atom. The van der Waals surface area contributed by atoms with E-state index in [4.69, 9.17) is 17.3 Å². The van der Waals surface area contributed by atoms with E-state index < -0.39 is 0 Å². The minimum Gasteiger partial charge on any atom is -0.506 e. The standard InChI is InChI=1S/C12H15ClN2O2/c13-10-4-1-7(5-11(10)16)12(17)15-9-3-2-8(14)6-9/h1,4-5,8-9,16H,2-3,6,14H2,(H,15,17)/t8-,9+/m0/s1. The van der Waals surface area contributed by atoms with E-state index in [1.54, 1.807) is 6.07 Å². The normalized spacial score (nSPS) is 23.6. The van der Waals surface area contributed by atoms with Crippen LogP contribution in [0.3, 0.4) is 0 Å². The summed E-state index contributed by atoms with van der Waals surface area (Å²) in [4.78, 5) is 11.9. The SMILES string of the molecule is N[C@H]1CC[C@@H](NC(=O)c2ccc(Cl)c(O)c2)C1. The summed E-state index contributed by atoms with van der Waals surface area (Å²) in [6.07, 6.45) is 2.66. The highest BCUT2D eigenvalue weighted by Gasteiger charge is 2.23. The van der Waals surface area contributed by atoms with Crippen LogP contribution >= 0.6 is 11.6 Å². The Kier molecular flexibility index (Phi) is 3.54. The maximum atomic E-state index is 11.9. The summed E-state index contributed by atoms with van der Waals surface area (Å²) in [6, 6.07) is 4.78. The van der Waals surface area contributed by atoms with Gasteiger partial charge in [-0.1, -0.05) is 11.6 Å². The second-order valence-corrected chi connectivity index (χ2v) is 4.82. The number of phenols is 1. The van der Waals surface area contributed by atoms with Crippen molar-refractivity contribution < 1.29 is 9.90 Å². The fraction of sp³-hybridized carbons (Fsp3) is 0.417. The highest BCUT2D eigenvalue weighted by molar-refractivity contribution is 6.32. The molecule has 4 nitrogen and oxygen atoms in total. The van der Waals surface area contributed by atoms with Crippen LogP contribution < -0.4 is 11.1 Å². The van der Waals surface area contributed by atoms with Crippen LogP contribution in [0.2, 0.25) is 5.02 Å². The van der Waals surface area contributed by atoms with Gasteiger partial charge in [-0.3, -0.25) is 4.79 Å². The van der Waals surface area contributed by atoms with Gasteiger partial charge in [-0.15, -0.1) is 0 Å². The van der Waals surface area contributed by atoms with Crippen molar-refractivity contribution >= 4 is 17.5 Å². The minimum atomic E-state index is -0.198. The number of hydrogen-bond donors (Lipinski definition) is 3. The molecule has 1 aromatic rings. The number of carbonyl (C=O) groups is 1. The van der Waals surface area contributed by atoms with Crippen LogP contribution in [0.4, 0.5) is 0 Å². The van der Waals surface area contributed by atoms with Gasteiger partial charge in [0.1, 0.15) is 5.75 Å². The van der Waals surface area contributed by atoms with E-state index in [1.165, 1.54) is 12.1 Å². The van der Waals surface area contributed by atoms with Gasteiger partial charge in [0.05, 0.1) is 5.02 Å². The molecule has 1 aliphatic carbocycles. The Bertz CT molecular complexity index is 437. The van der Waals surface area contributed by atoms with Crippen molar-refractivity contribution in [2.45, 2.75) is 31.3 Å². The van der Waals surface area contributed by atoms with Crippen LogP contribution in [0.1, 0.15) is 29.6 Å². The zero-order chi connectivity index (χ0) is 12.4. The molecule has 1 fully saturated rings. The molecule has 2 atom stereocenters. The van der Waals surface area contributed by atoms with Crippen LogP contribution in [-0.2, 0) is 0 Å². The second kappa shape index (κ2) is 4.94. The van der Waals surface area contributed by atoms with Crippen molar-refractivity contribution in [3.05, 3.63) is 28.8 Å². The lowest BCUT2D eigenvalue weighted by molar-refractivity contribution is 0.0937. The molecular formula is C12H15ClN2O2. The van der Waals surface area contributed by atoms with Gasteiger partial charge in [0.15, 0.2) is 0 Å². The molecular weight excluding hydrogens is 240 g/mol. The van der Waals surface area contributed by atoms with Gasteiger partial charge in [0.2, 0.25) is 0 Å². The van der Waals surface area contributed by atoms with E-state index in [0.29, 0.717) is 5.56 Å². The molecule has 5 heteroatoms. The number of benzene rings is 1. The zero-order valence-corrected chi connectivity index (χ0v) is 10.1. The highest BCUT2D eigenvalue weighted by atomic mass is 35.5. The van der Waals surface area contributed by atoms with Crippen LogP contribution in [0.15, 0.2) is 18.2 Å². The monoisotopic (exact) mass is 254 g/mol. The highest BCUT2D eigenvalue weighted by Crippen LogP contribution is 2.24. The molecule has 0 unspecified atom stereocenters. The van der Waals surface area contributed by atoms with Crippen LogP contribution in [0.5, 0.6) is 5.75 Å². The molecule has 0 aromatic heterocycles. The molecule has 1 aliphatic rings. The van der Waals surface area contributed by atoms with Crippen molar-refractivity contribution in [1.29, 1.82) is 0 Å². The molecule has 1 amide bonds. The number of amides is 1. The molecule has 17 heavy (non-hydrogen) atoms.